The molecule has 0 aliphatic rings. The number of fused-ring (bicyclic) bond motifs is 1. The number of nitrogens with zero attached hydrogens (tertiary/aromatic N) is 2. The highest BCUT2D eigenvalue weighted by Gasteiger charge is 2.18. The monoisotopic (exact) mass is 399 g/mol. The van der Waals surface area contributed by atoms with Crippen LogP contribution >= 0.6 is 11.6 Å². The molecule has 0 spiro atoms. The van der Waals surface area contributed by atoms with Gasteiger partial charge in [-0.05, 0) is 42.7 Å². The number of benzene rings is 2. The Kier molecular flexibility index (Phi) is 5.99. The summed E-state index contributed by atoms with van der Waals surface area (Å²) in [5.41, 5.74) is 4.53. The Morgan fingerprint density at radius 2 is 2.04 bits per heavy atom. The van der Waals surface area contributed by atoms with Crippen molar-refractivity contribution >= 4 is 34.5 Å². The highest BCUT2D eigenvalue weighted by atomic mass is 35.5. The van der Waals surface area contributed by atoms with E-state index in [2.05, 4.69) is 10.3 Å². The van der Waals surface area contributed by atoms with Crippen LogP contribution in [0, 0.1) is 6.92 Å². The van der Waals surface area contributed by atoms with Gasteiger partial charge >= 0.3 is 5.97 Å². The average molecular weight is 400 g/mol. The van der Waals surface area contributed by atoms with E-state index in [-0.39, 0.29) is 5.91 Å². The molecule has 1 aromatic heterocycles. The number of methoxy groups -OCH3 is 1. The van der Waals surface area contributed by atoms with E-state index in [0.717, 1.165) is 23.1 Å². The maximum absolute atomic E-state index is 12.5. The fourth-order valence-corrected chi connectivity index (χ4v) is 3.51. The Labute approximate surface area is 168 Å². The molecule has 1 amide bonds. The number of aryl methyl sites for hydroxylation is 2. The second-order valence-electron chi connectivity index (χ2n) is 6.64. The van der Waals surface area contributed by atoms with Gasteiger partial charge in [-0.2, -0.15) is 0 Å². The summed E-state index contributed by atoms with van der Waals surface area (Å²) in [6.45, 7) is 4.63. The van der Waals surface area contributed by atoms with Gasteiger partial charge in [0.05, 0.1) is 30.0 Å². The predicted octanol–water partition coefficient (Wildman–Crippen LogP) is 3.98. The number of aromatic nitrogens is 2. The number of carbonyl (C=O) groups is 2. The number of imidazole rings is 1. The lowest BCUT2D eigenvalue weighted by Crippen LogP contribution is -2.22. The fourth-order valence-electron chi connectivity index (χ4n) is 3.17. The molecule has 1 heterocycles. The molecule has 146 valence electrons. The molecule has 0 aliphatic heterocycles. The Morgan fingerprint density at radius 3 is 2.71 bits per heavy atom. The Balaban J connectivity index is 2.04. The van der Waals surface area contributed by atoms with Crippen molar-refractivity contribution in [2.24, 2.45) is 0 Å². The second-order valence-corrected chi connectivity index (χ2v) is 7.05. The Bertz CT molecular complexity index is 1040. The van der Waals surface area contributed by atoms with E-state index in [1.54, 1.807) is 12.4 Å². The molecule has 0 saturated heterocycles. The van der Waals surface area contributed by atoms with E-state index >= 15 is 0 Å². The molecule has 0 radical (unpaired) electrons. The maximum atomic E-state index is 12.5. The van der Waals surface area contributed by atoms with Gasteiger partial charge in [-0.3, -0.25) is 4.79 Å². The first-order valence-electron chi connectivity index (χ1n) is 8.99. The molecule has 0 aliphatic carbocycles. The van der Waals surface area contributed by atoms with Crippen molar-refractivity contribution in [2.45, 2.75) is 26.8 Å². The normalized spacial score (nSPS) is 10.9. The van der Waals surface area contributed by atoms with Crippen LogP contribution in [0.4, 0.5) is 0 Å². The Morgan fingerprint density at radius 1 is 1.25 bits per heavy atom. The summed E-state index contributed by atoms with van der Waals surface area (Å²) in [6.07, 6.45) is 2.42. The smallest absolute Gasteiger partial charge is 0.340 e. The molecular formula is C21H22ClN3O3. The van der Waals surface area contributed by atoms with E-state index in [9.17, 15) is 9.59 Å². The third-order valence-electron chi connectivity index (χ3n) is 4.50. The predicted molar refractivity (Wildman–Crippen MR) is 110 cm³/mol. The molecule has 3 aromatic rings. The summed E-state index contributed by atoms with van der Waals surface area (Å²) in [4.78, 5) is 28.0. The lowest BCUT2D eigenvalue weighted by atomic mass is 10.0. The van der Waals surface area contributed by atoms with Crippen LogP contribution in [0.25, 0.3) is 22.2 Å². The highest BCUT2D eigenvalue weighted by Crippen LogP contribution is 2.33. The average Bonchev–Trinajstić information content (AvgIpc) is 3.06. The minimum atomic E-state index is -0.432. The quantitative estimate of drug-likeness (QED) is 0.502. The first kappa shape index (κ1) is 19.9. The third kappa shape index (κ3) is 4.17. The molecule has 0 bridgehead atoms. The van der Waals surface area contributed by atoms with Crippen LogP contribution in [0.15, 0.2) is 36.7 Å². The zero-order chi connectivity index (χ0) is 20.3. The van der Waals surface area contributed by atoms with Crippen LogP contribution in [-0.4, -0.2) is 35.1 Å². The molecule has 6 nitrogen and oxygen atoms in total. The van der Waals surface area contributed by atoms with Crippen molar-refractivity contribution in [3.8, 4) is 11.1 Å². The number of ether oxygens (including phenoxy) is 1. The molecule has 0 fully saturated rings. The number of halogens is 1. The van der Waals surface area contributed by atoms with Crippen molar-refractivity contribution in [3.05, 3.63) is 52.8 Å². The summed E-state index contributed by atoms with van der Waals surface area (Å²) >= 11 is 6.42. The van der Waals surface area contributed by atoms with Gasteiger partial charge in [0, 0.05) is 30.6 Å². The summed E-state index contributed by atoms with van der Waals surface area (Å²) in [7, 11) is 1.36. The van der Waals surface area contributed by atoms with Crippen molar-refractivity contribution in [1.82, 2.24) is 14.9 Å². The van der Waals surface area contributed by atoms with Crippen LogP contribution in [0.5, 0.6) is 0 Å². The fraction of sp³-hybridized carbons (Fsp3) is 0.286. The van der Waals surface area contributed by atoms with E-state index in [1.807, 2.05) is 35.8 Å². The summed E-state index contributed by atoms with van der Waals surface area (Å²) in [6, 6.07) is 9.51. The van der Waals surface area contributed by atoms with Gasteiger partial charge in [0.2, 0.25) is 5.91 Å². The molecule has 3 rings (SSSR count). The lowest BCUT2D eigenvalue weighted by Gasteiger charge is -2.11. The van der Waals surface area contributed by atoms with Gasteiger partial charge in [-0.25, -0.2) is 9.78 Å². The first-order valence-corrected chi connectivity index (χ1v) is 9.36. The van der Waals surface area contributed by atoms with Gasteiger partial charge in [-0.15, -0.1) is 0 Å². The number of hydrogen-bond acceptors (Lipinski definition) is 4. The van der Waals surface area contributed by atoms with Crippen LogP contribution in [0.1, 0.15) is 29.3 Å². The molecule has 7 heteroatoms. The van der Waals surface area contributed by atoms with Gasteiger partial charge in [0.15, 0.2) is 0 Å². The van der Waals surface area contributed by atoms with Gasteiger partial charge in [0.1, 0.15) is 0 Å². The van der Waals surface area contributed by atoms with Crippen molar-refractivity contribution in [2.75, 3.05) is 13.7 Å². The van der Waals surface area contributed by atoms with Gasteiger partial charge < -0.3 is 14.6 Å². The molecule has 2 aromatic carbocycles. The number of nitrogens with one attached hydrogen (secondary N) is 1. The minimum Gasteiger partial charge on any atom is -0.465 e. The van der Waals surface area contributed by atoms with E-state index in [4.69, 9.17) is 16.3 Å². The third-order valence-corrected chi connectivity index (χ3v) is 4.82. The molecule has 28 heavy (non-hydrogen) atoms. The number of esters is 1. The minimum absolute atomic E-state index is 0.0645. The van der Waals surface area contributed by atoms with E-state index < -0.39 is 5.97 Å². The first-order chi connectivity index (χ1) is 13.4. The molecule has 1 N–H and O–H groups in total. The topological polar surface area (TPSA) is 73.2 Å². The zero-order valence-electron chi connectivity index (χ0n) is 16.1. The SMILES string of the molecule is COC(=O)c1cc(-c2ccc(C)cc2Cl)cc2ncn(CCCNC(C)=O)c12. The van der Waals surface area contributed by atoms with Crippen LogP contribution < -0.4 is 5.32 Å². The van der Waals surface area contributed by atoms with Crippen molar-refractivity contribution < 1.29 is 14.3 Å². The highest BCUT2D eigenvalue weighted by molar-refractivity contribution is 6.33. The molecular weight excluding hydrogens is 378 g/mol. The van der Waals surface area contributed by atoms with E-state index in [0.29, 0.717) is 34.7 Å². The Hall–Kier alpha value is -2.86. The molecule has 0 unspecified atom stereocenters. The van der Waals surface area contributed by atoms with Gasteiger partial charge in [-0.1, -0.05) is 23.7 Å². The number of amides is 1. The number of hydrogen-bond donors (Lipinski definition) is 1. The van der Waals surface area contributed by atoms with Crippen molar-refractivity contribution in [3.63, 3.8) is 0 Å². The zero-order valence-corrected chi connectivity index (χ0v) is 16.8. The van der Waals surface area contributed by atoms with E-state index in [1.165, 1.54) is 14.0 Å². The second kappa shape index (κ2) is 8.44. The standard InChI is InChI=1S/C21H22ClN3O3/c1-13-5-6-16(18(22)9-13)15-10-17(21(27)28-3)20-19(11-15)24-12-25(20)8-4-7-23-14(2)26/h5-6,9-12H,4,7-8H2,1-3H3,(H,23,26). The summed E-state index contributed by atoms with van der Waals surface area (Å²) < 4.78 is 6.90. The van der Waals surface area contributed by atoms with Gasteiger partial charge in [0.25, 0.3) is 0 Å². The summed E-state index contributed by atoms with van der Waals surface area (Å²) in [5.74, 6) is -0.496. The number of carbonyl (C=O) groups excluding carboxylic acids is 2. The van der Waals surface area contributed by atoms with Crippen LogP contribution in [0.3, 0.4) is 0 Å². The molecule has 0 atom stereocenters. The number of rotatable bonds is 6. The van der Waals surface area contributed by atoms with Crippen molar-refractivity contribution in [1.29, 1.82) is 0 Å². The van der Waals surface area contributed by atoms with Crippen LogP contribution in [-0.2, 0) is 16.1 Å². The van der Waals surface area contributed by atoms with Crippen LogP contribution in [0.2, 0.25) is 5.02 Å². The summed E-state index contributed by atoms with van der Waals surface area (Å²) in [5, 5.41) is 3.38. The largest absolute Gasteiger partial charge is 0.465 e. The lowest BCUT2D eigenvalue weighted by molar-refractivity contribution is -0.118. The maximum Gasteiger partial charge on any atom is 0.340 e. The molecule has 0 saturated carbocycles.